The van der Waals surface area contributed by atoms with E-state index in [2.05, 4.69) is 18.8 Å². The summed E-state index contributed by atoms with van der Waals surface area (Å²) >= 11 is 5.94. The van der Waals surface area contributed by atoms with Gasteiger partial charge in [-0.2, -0.15) is 4.31 Å². The molecule has 1 aromatic heterocycles. The zero-order valence-electron chi connectivity index (χ0n) is 10.1. The topological polar surface area (TPSA) is 55.2 Å². The van der Waals surface area contributed by atoms with Crippen LogP contribution in [0.3, 0.4) is 0 Å². The van der Waals surface area contributed by atoms with Gasteiger partial charge in [0.1, 0.15) is 5.15 Å². The van der Waals surface area contributed by atoms with E-state index in [9.17, 15) is 8.42 Å². The highest BCUT2D eigenvalue weighted by Crippen LogP contribution is 2.33. The molecule has 1 fully saturated rings. The fraction of sp³-hybridized carbons (Fsp3) is 0.700. The molecule has 1 aromatic rings. The van der Waals surface area contributed by atoms with Gasteiger partial charge < -0.3 is 4.57 Å². The van der Waals surface area contributed by atoms with Crippen molar-refractivity contribution in [3.8, 4) is 0 Å². The molecular formula is C10H16ClN3O2S. The van der Waals surface area contributed by atoms with Crippen LogP contribution in [0, 0.1) is 5.41 Å². The molecular weight excluding hydrogens is 262 g/mol. The maximum Gasteiger partial charge on any atom is 0.263 e. The number of aromatic nitrogens is 2. The molecule has 0 amide bonds. The number of hydrogen-bond acceptors (Lipinski definition) is 3. The molecule has 0 N–H and O–H groups in total. The number of hydrogen-bond donors (Lipinski definition) is 0. The summed E-state index contributed by atoms with van der Waals surface area (Å²) in [6.45, 7) is 5.16. The number of aryl methyl sites for hydroxylation is 1. The van der Waals surface area contributed by atoms with E-state index in [0.717, 1.165) is 6.42 Å². The maximum atomic E-state index is 12.3. The number of halogens is 1. The van der Waals surface area contributed by atoms with Crippen LogP contribution in [0.1, 0.15) is 20.3 Å². The van der Waals surface area contributed by atoms with Crippen molar-refractivity contribution >= 4 is 21.6 Å². The third kappa shape index (κ3) is 2.21. The first kappa shape index (κ1) is 12.9. The van der Waals surface area contributed by atoms with E-state index in [1.165, 1.54) is 15.2 Å². The molecule has 1 aliphatic heterocycles. The minimum atomic E-state index is -3.55. The highest BCUT2D eigenvalue weighted by molar-refractivity contribution is 7.89. The fourth-order valence-corrected chi connectivity index (χ4v) is 3.98. The van der Waals surface area contributed by atoms with Gasteiger partial charge in [0.2, 0.25) is 5.03 Å². The Balaban J connectivity index is 2.35. The van der Waals surface area contributed by atoms with E-state index < -0.39 is 10.0 Å². The molecule has 2 heterocycles. The molecule has 1 aliphatic rings. The zero-order valence-corrected chi connectivity index (χ0v) is 11.7. The van der Waals surface area contributed by atoms with Gasteiger partial charge in [-0.05, 0) is 11.8 Å². The monoisotopic (exact) mass is 277 g/mol. The van der Waals surface area contributed by atoms with E-state index in [0.29, 0.717) is 13.1 Å². The van der Waals surface area contributed by atoms with Gasteiger partial charge in [-0.15, -0.1) is 0 Å². The normalized spacial score (nSPS) is 20.9. The van der Waals surface area contributed by atoms with Gasteiger partial charge in [0.05, 0.1) is 6.33 Å². The Labute approximate surface area is 106 Å². The highest BCUT2D eigenvalue weighted by atomic mass is 35.5. The van der Waals surface area contributed by atoms with Crippen LogP contribution in [0.5, 0.6) is 0 Å². The summed E-state index contributed by atoms with van der Waals surface area (Å²) in [5, 5.41) is 0.120. The van der Waals surface area contributed by atoms with Crippen LogP contribution >= 0.6 is 11.6 Å². The lowest BCUT2D eigenvalue weighted by Crippen LogP contribution is -2.30. The van der Waals surface area contributed by atoms with Crippen molar-refractivity contribution in [3.05, 3.63) is 11.5 Å². The van der Waals surface area contributed by atoms with Gasteiger partial charge in [-0.25, -0.2) is 13.4 Å². The fourth-order valence-electron chi connectivity index (χ4n) is 1.96. The van der Waals surface area contributed by atoms with Gasteiger partial charge in [0.15, 0.2) is 0 Å². The predicted octanol–water partition coefficient (Wildman–Crippen LogP) is 1.49. The van der Waals surface area contributed by atoms with Crippen LogP contribution in [0.15, 0.2) is 11.4 Å². The van der Waals surface area contributed by atoms with Gasteiger partial charge in [-0.1, -0.05) is 25.4 Å². The second kappa shape index (κ2) is 3.96. The van der Waals surface area contributed by atoms with Gasteiger partial charge in [-0.3, -0.25) is 0 Å². The molecule has 0 atom stereocenters. The van der Waals surface area contributed by atoms with Crippen LogP contribution in [-0.4, -0.2) is 35.4 Å². The molecule has 0 bridgehead atoms. The zero-order chi connectivity index (χ0) is 12.8. The Morgan fingerprint density at radius 3 is 2.53 bits per heavy atom. The number of nitrogens with zero attached hydrogens (tertiary/aromatic N) is 3. The van der Waals surface area contributed by atoms with E-state index >= 15 is 0 Å². The minimum absolute atomic E-state index is 0.0221. The van der Waals surface area contributed by atoms with Crippen molar-refractivity contribution in [3.63, 3.8) is 0 Å². The third-order valence-electron chi connectivity index (χ3n) is 3.06. The summed E-state index contributed by atoms with van der Waals surface area (Å²) in [6.07, 6.45) is 2.27. The standard InChI is InChI=1S/C10H16ClN3O2S/c1-10(2)4-5-14(6-10)17(15,16)9-8(11)13(3)7-12-9/h7H,4-6H2,1-3H3. The first-order valence-electron chi connectivity index (χ1n) is 5.41. The second-order valence-electron chi connectivity index (χ2n) is 5.20. The average molecular weight is 278 g/mol. The van der Waals surface area contributed by atoms with Crippen molar-refractivity contribution in [1.29, 1.82) is 0 Å². The summed E-state index contributed by atoms with van der Waals surface area (Å²) in [5.74, 6) is 0. The van der Waals surface area contributed by atoms with Crippen molar-refractivity contribution in [2.24, 2.45) is 12.5 Å². The average Bonchev–Trinajstić information content (AvgIpc) is 2.72. The number of sulfonamides is 1. The summed E-state index contributed by atoms with van der Waals surface area (Å²) in [5.41, 5.74) is 0.0221. The Morgan fingerprint density at radius 2 is 2.12 bits per heavy atom. The molecule has 96 valence electrons. The number of rotatable bonds is 2. The Bertz CT molecular complexity index is 536. The first-order chi connectivity index (χ1) is 7.74. The molecule has 17 heavy (non-hydrogen) atoms. The van der Waals surface area contributed by atoms with Crippen LogP contribution in [0.25, 0.3) is 0 Å². The first-order valence-corrected chi connectivity index (χ1v) is 7.23. The highest BCUT2D eigenvalue weighted by Gasteiger charge is 2.38. The minimum Gasteiger partial charge on any atom is -0.324 e. The molecule has 5 nitrogen and oxygen atoms in total. The van der Waals surface area contributed by atoms with Crippen LogP contribution in [0.4, 0.5) is 0 Å². The predicted molar refractivity (Wildman–Crippen MR) is 65.4 cm³/mol. The molecule has 0 radical (unpaired) electrons. The van der Waals surface area contributed by atoms with Crippen molar-refractivity contribution in [2.45, 2.75) is 25.3 Å². The smallest absolute Gasteiger partial charge is 0.263 e. The van der Waals surface area contributed by atoms with E-state index in [1.807, 2.05) is 0 Å². The molecule has 0 aliphatic carbocycles. The van der Waals surface area contributed by atoms with Crippen LogP contribution < -0.4 is 0 Å². The SMILES string of the molecule is Cn1cnc(S(=O)(=O)N2CCC(C)(C)C2)c1Cl. The van der Waals surface area contributed by atoms with Gasteiger partial charge >= 0.3 is 0 Å². The Hall–Kier alpha value is -0.590. The van der Waals surface area contributed by atoms with Gasteiger partial charge in [0, 0.05) is 20.1 Å². The molecule has 0 aromatic carbocycles. The van der Waals surface area contributed by atoms with Crippen molar-refractivity contribution in [2.75, 3.05) is 13.1 Å². The Morgan fingerprint density at radius 1 is 1.47 bits per heavy atom. The summed E-state index contributed by atoms with van der Waals surface area (Å²) in [4.78, 5) is 3.88. The lowest BCUT2D eigenvalue weighted by atomic mass is 9.93. The second-order valence-corrected chi connectivity index (χ2v) is 7.42. The Kier molecular flexibility index (Phi) is 3.00. The lowest BCUT2D eigenvalue weighted by molar-refractivity contribution is 0.375. The molecule has 2 rings (SSSR count). The third-order valence-corrected chi connectivity index (χ3v) is 5.40. The molecule has 1 saturated heterocycles. The number of imidazole rings is 1. The quantitative estimate of drug-likeness (QED) is 0.823. The largest absolute Gasteiger partial charge is 0.324 e. The van der Waals surface area contributed by atoms with E-state index in [-0.39, 0.29) is 15.6 Å². The maximum absolute atomic E-state index is 12.3. The molecule has 7 heteroatoms. The summed E-state index contributed by atoms with van der Waals surface area (Å²) in [7, 11) is -1.88. The summed E-state index contributed by atoms with van der Waals surface area (Å²) < 4.78 is 27.6. The molecule has 0 saturated carbocycles. The van der Waals surface area contributed by atoms with Crippen molar-refractivity contribution in [1.82, 2.24) is 13.9 Å². The van der Waals surface area contributed by atoms with Crippen LogP contribution in [0.2, 0.25) is 5.15 Å². The van der Waals surface area contributed by atoms with Crippen LogP contribution in [-0.2, 0) is 17.1 Å². The molecule has 0 spiro atoms. The molecule has 0 unspecified atom stereocenters. The lowest BCUT2D eigenvalue weighted by Gasteiger charge is -2.18. The van der Waals surface area contributed by atoms with E-state index in [4.69, 9.17) is 11.6 Å². The summed E-state index contributed by atoms with van der Waals surface area (Å²) in [6, 6.07) is 0. The van der Waals surface area contributed by atoms with Gasteiger partial charge in [0.25, 0.3) is 10.0 Å². The van der Waals surface area contributed by atoms with E-state index in [1.54, 1.807) is 7.05 Å². The van der Waals surface area contributed by atoms with Crippen molar-refractivity contribution < 1.29 is 8.42 Å².